The number of benzene rings is 1. The van der Waals surface area contributed by atoms with Crippen molar-refractivity contribution in [2.45, 2.75) is 25.7 Å². The van der Waals surface area contributed by atoms with Gasteiger partial charge in [0.15, 0.2) is 0 Å². The molecule has 1 aliphatic carbocycles. The Kier molecular flexibility index (Phi) is 6.83. The lowest BCUT2D eigenvalue weighted by molar-refractivity contribution is -0.112. The van der Waals surface area contributed by atoms with Crippen LogP contribution in [0.3, 0.4) is 0 Å². The molecular formula is C25H18ClN3O4S. The second-order valence-electron chi connectivity index (χ2n) is 7.53. The average Bonchev–Trinajstić information content (AvgIpc) is 3.45. The highest BCUT2D eigenvalue weighted by molar-refractivity contribution is 7.16. The topological polar surface area (TPSA) is 116 Å². The van der Waals surface area contributed by atoms with Gasteiger partial charge in [-0.1, -0.05) is 11.6 Å². The minimum atomic E-state index is -0.631. The Labute approximate surface area is 204 Å². The van der Waals surface area contributed by atoms with Gasteiger partial charge >= 0.3 is 5.97 Å². The predicted octanol–water partition coefficient (Wildman–Crippen LogP) is 5.74. The highest BCUT2D eigenvalue weighted by atomic mass is 35.5. The lowest BCUT2D eigenvalue weighted by Crippen LogP contribution is -2.13. The van der Waals surface area contributed by atoms with Crippen LogP contribution in [0.25, 0.3) is 17.4 Å². The summed E-state index contributed by atoms with van der Waals surface area (Å²) in [7, 11) is 1.27. The average molecular weight is 492 g/mol. The third kappa shape index (κ3) is 4.60. The molecule has 1 aliphatic rings. The molecule has 3 aromatic rings. The Hall–Kier alpha value is -3.85. The SMILES string of the molecule is COC(=O)c1ccc(Cl)cc1-c1ccc(C=C(C#N)C(=O)Nc2sc3c(c2C#N)CCCC3)o1. The number of methoxy groups -OCH3 is 1. The number of hydrogen-bond acceptors (Lipinski definition) is 7. The Morgan fingerprint density at radius 3 is 2.74 bits per heavy atom. The normalized spacial score (nSPS) is 12.9. The number of esters is 1. The summed E-state index contributed by atoms with van der Waals surface area (Å²) in [5.74, 6) is -0.620. The van der Waals surface area contributed by atoms with Gasteiger partial charge in [0, 0.05) is 21.5 Å². The van der Waals surface area contributed by atoms with E-state index in [0.29, 0.717) is 26.9 Å². The standard InChI is InChI=1S/C25H18ClN3O4S/c1-32-25(31)18-8-6-15(26)11-19(18)21-9-7-16(33-21)10-14(12-27)23(30)29-24-20(13-28)17-4-2-3-5-22(17)34-24/h6-11H,2-5H2,1H3,(H,29,30). The van der Waals surface area contributed by atoms with Crippen LogP contribution in [0.15, 0.2) is 40.3 Å². The Morgan fingerprint density at radius 2 is 2.00 bits per heavy atom. The minimum absolute atomic E-state index is 0.185. The smallest absolute Gasteiger partial charge is 0.338 e. The van der Waals surface area contributed by atoms with Gasteiger partial charge in [0.1, 0.15) is 34.2 Å². The second-order valence-corrected chi connectivity index (χ2v) is 9.08. The molecule has 0 spiro atoms. The zero-order chi connectivity index (χ0) is 24.2. The van der Waals surface area contributed by atoms with Crippen LogP contribution in [0.5, 0.6) is 0 Å². The molecule has 34 heavy (non-hydrogen) atoms. The van der Waals surface area contributed by atoms with Crippen molar-refractivity contribution >= 4 is 45.9 Å². The van der Waals surface area contributed by atoms with E-state index in [4.69, 9.17) is 20.8 Å². The number of ether oxygens (including phenoxy) is 1. The zero-order valence-corrected chi connectivity index (χ0v) is 19.7. The van der Waals surface area contributed by atoms with Crippen molar-refractivity contribution in [2.24, 2.45) is 0 Å². The van der Waals surface area contributed by atoms with E-state index in [-0.39, 0.29) is 16.9 Å². The molecule has 0 bridgehead atoms. The number of hydrogen-bond donors (Lipinski definition) is 1. The molecule has 0 saturated carbocycles. The number of rotatable bonds is 5. The summed E-state index contributed by atoms with van der Waals surface area (Å²) in [4.78, 5) is 26.0. The summed E-state index contributed by atoms with van der Waals surface area (Å²) >= 11 is 7.47. The molecule has 1 N–H and O–H groups in total. The molecule has 0 aliphatic heterocycles. The Morgan fingerprint density at radius 1 is 1.21 bits per heavy atom. The molecule has 1 amide bonds. The molecule has 2 heterocycles. The molecule has 1 aromatic carbocycles. The number of aryl methyl sites for hydroxylation is 1. The number of halogens is 1. The monoisotopic (exact) mass is 491 g/mol. The number of amides is 1. The summed E-state index contributed by atoms with van der Waals surface area (Å²) in [6.45, 7) is 0. The summed E-state index contributed by atoms with van der Waals surface area (Å²) in [6.07, 6.45) is 5.08. The number of thiophene rings is 1. The first-order chi connectivity index (χ1) is 16.4. The highest BCUT2D eigenvalue weighted by Crippen LogP contribution is 2.38. The maximum absolute atomic E-state index is 12.8. The molecule has 0 fully saturated rings. The first-order valence-electron chi connectivity index (χ1n) is 10.4. The van der Waals surface area contributed by atoms with Crippen molar-refractivity contribution in [1.29, 1.82) is 10.5 Å². The van der Waals surface area contributed by atoms with Crippen molar-refractivity contribution in [3.8, 4) is 23.5 Å². The Bertz CT molecular complexity index is 1400. The number of furan rings is 1. The van der Waals surface area contributed by atoms with Crippen molar-refractivity contribution < 1.29 is 18.7 Å². The van der Waals surface area contributed by atoms with Crippen LogP contribution in [0.4, 0.5) is 5.00 Å². The van der Waals surface area contributed by atoms with Crippen LogP contribution in [-0.4, -0.2) is 19.0 Å². The first kappa shape index (κ1) is 23.3. The minimum Gasteiger partial charge on any atom is -0.465 e. The van der Waals surface area contributed by atoms with Gasteiger partial charge in [0.2, 0.25) is 0 Å². The van der Waals surface area contributed by atoms with Crippen molar-refractivity contribution in [1.82, 2.24) is 0 Å². The number of carbonyl (C=O) groups is 2. The predicted molar refractivity (Wildman–Crippen MR) is 128 cm³/mol. The molecule has 0 unspecified atom stereocenters. The quantitative estimate of drug-likeness (QED) is 0.276. The van der Waals surface area contributed by atoms with Gasteiger partial charge < -0.3 is 14.5 Å². The summed E-state index contributed by atoms with van der Waals surface area (Å²) < 4.78 is 10.6. The largest absolute Gasteiger partial charge is 0.465 e. The summed E-state index contributed by atoms with van der Waals surface area (Å²) in [6, 6.07) is 11.9. The fourth-order valence-electron chi connectivity index (χ4n) is 3.82. The van der Waals surface area contributed by atoms with E-state index in [9.17, 15) is 20.1 Å². The van der Waals surface area contributed by atoms with E-state index < -0.39 is 11.9 Å². The molecule has 0 atom stereocenters. The third-order valence-electron chi connectivity index (χ3n) is 5.44. The van der Waals surface area contributed by atoms with Crippen molar-refractivity contribution in [3.63, 3.8) is 0 Å². The lowest BCUT2D eigenvalue weighted by Gasteiger charge is -2.09. The number of fused-ring (bicyclic) bond motifs is 1. The van der Waals surface area contributed by atoms with Gasteiger partial charge in [0.05, 0.1) is 18.2 Å². The summed E-state index contributed by atoms with van der Waals surface area (Å²) in [5, 5.41) is 22.7. The van der Waals surface area contributed by atoms with E-state index in [1.54, 1.807) is 24.3 Å². The van der Waals surface area contributed by atoms with Gasteiger partial charge in [-0.05, 0) is 61.6 Å². The maximum atomic E-state index is 12.8. The highest BCUT2D eigenvalue weighted by Gasteiger charge is 2.23. The molecule has 170 valence electrons. The number of carbonyl (C=O) groups excluding carboxylic acids is 2. The fraction of sp³-hybridized carbons (Fsp3) is 0.200. The summed E-state index contributed by atoms with van der Waals surface area (Å²) in [5.41, 5.74) is 1.97. The van der Waals surface area contributed by atoms with Gasteiger partial charge in [-0.3, -0.25) is 4.79 Å². The van der Waals surface area contributed by atoms with E-state index in [1.165, 1.54) is 30.6 Å². The lowest BCUT2D eigenvalue weighted by atomic mass is 9.96. The van der Waals surface area contributed by atoms with E-state index in [1.807, 2.05) is 6.07 Å². The van der Waals surface area contributed by atoms with Crippen molar-refractivity contribution in [3.05, 3.63) is 68.3 Å². The number of nitriles is 2. The third-order valence-corrected chi connectivity index (χ3v) is 6.88. The van der Waals surface area contributed by atoms with Gasteiger partial charge in [-0.15, -0.1) is 11.3 Å². The van der Waals surface area contributed by atoms with Gasteiger partial charge in [-0.2, -0.15) is 10.5 Å². The number of nitrogens with one attached hydrogen (secondary N) is 1. The van der Waals surface area contributed by atoms with Crippen LogP contribution in [0, 0.1) is 22.7 Å². The first-order valence-corrected chi connectivity index (χ1v) is 11.6. The molecule has 2 aromatic heterocycles. The molecule has 7 nitrogen and oxygen atoms in total. The Balaban J connectivity index is 1.61. The van der Waals surface area contributed by atoms with E-state index >= 15 is 0 Å². The van der Waals surface area contributed by atoms with E-state index in [2.05, 4.69) is 11.4 Å². The maximum Gasteiger partial charge on any atom is 0.338 e. The van der Waals surface area contributed by atoms with Crippen LogP contribution < -0.4 is 5.32 Å². The van der Waals surface area contributed by atoms with Gasteiger partial charge in [-0.25, -0.2) is 4.79 Å². The number of anilines is 1. The van der Waals surface area contributed by atoms with Gasteiger partial charge in [0.25, 0.3) is 5.91 Å². The molecule has 0 saturated heterocycles. The van der Waals surface area contributed by atoms with Crippen molar-refractivity contribution in [2.75, 3.05) is 12.4 Å². The molecule has 9 heteroatoms. The van der Waals surface area contributed by atoms with E-state index in [0.717, 1.165) is 36.1 Å². The fourth-order valence-corrected chi connectivity index (χ4v) is 5.22. The second kappa shape index (κ2) is 9.96. The number of nitrogens with zero attached hydrogens (tertiary/aromatic N) is 2. The zero-order valence-electron chi connectivity index (χ0n) is 18.1. The van der Waals surface area contributed by atoms with Crippen LogP contribution in [-0.2, 0) is 22.4 Å². The molecule has 4 rings (SSSR count). The van der Waals surface area contributed by atoms with Crippen LogP contribution in [0.1, 0.15) is 45.0 Å². The van der Waals surface area contributed by atoms with Crippen LogP contribution in [0.2, 0.25) is 5.02 Å². The van der Waals surface area contributed by atoms with Crippen LogP contribution >= 0.6 is 22.9 Å². The molecular weight excluding hydrogens is 474 g/mol. The molecule has 0 radical (unpaired) electrons.